The van der Waals surface area contributed by atoms with Gasteiger partial charge in [-0.25, -0.2) is 0 Å². The first kappa shape index (κ1) is 118. The Morgan fingerprint density at radius 2 is 0.794 bits per heavy atom. The van der Waals surface area contributed by atoms with Gasteiger partial charge in [0.25, 0.3) is 0 Å². The second-order valence-corrected chi connectivity index (χ2v) is 12.4. The number of rotatable bonds is 4. The monoisotopic (exact) mass is 923 g/mol. The Kier molecular flexibility index (Phi) is 288. The third kappa shape index (κ3) is 269. The van der Waals surface area contributed by atoms with E-state index in [0.29, 0.717) is 5.41 Å². The van der Waals surface area contributed by atoms with Crippen molar-refractivity contribution in [3.05, 3.63) is 35.9 Å². The molecule has 0 saturated carbocycles. The quantitative estimate of drug-likeness (QED) is 0.141. The molecule has 1 fully saturated rings. The fourth-order valence-electron chi connectivity index (χ4n) is 2.67. The molecule has 1 aliphatic heterocycles. The zero-order valence-corrected chi connectivity index (χ0v) is 44.7. The molecule has 392 valence electrons. The Balaban J connectivity index is -0.0000000222. The van der Waals surface area contributed by atoms with E-state index in [2.05, 4.69) is 123 Å². The number of aliphatic hydroxyl groups is 1. The minimum Gasteiger partial charge on any atom is -0.394 e. The van der Waals surface area contributed by atoms with Gasteiger partial charge < -0.3 is 85.0 Å². The number of carbonyl (C=O) groups excluding carboxylic acids is 8. The molecular weight excluding hydrogens is 809 g/mol. The molecule has 18 N–H and O–H groups in total. The molecule has 17 heteroatoms. The van der Waals surface area contributed by atoms with Gasteiger partial charge in [-0.1, -0.05) is 126 Å². The highest BCUT2D eigenvalue weighted by Crippen LogP contribution is 2.19. The van der Waals surface area contributed by atoms with E-state index >= 15 is 0 Å². The number of piperidine rings is 1. The Bertz CT molecular complexity index is 691. The topological polar surface area (TPSA) is 369 Å². The number of likely N-dealkylation sites (tertiary alicyclic amines) is 1. The van der Waals surface area contributed by atoms with Crippen molar-refractivity contribution in [3.8, 4) is 0 Å². The number of aryl methyl sites for hydroxylation is 1. The molecule has 0 radical (unpaired) electrons. The van der Waals surface area contributed by atoms with Crippen molar-refractivity contribution in [2.24, 2.45) is 40.2 Å². The summed E-state index contributed by atoms with van der Waals surface area (Å²) in [7, 11) is 6.00. The minimum absolute atomic E-state index is 0. The first-order valence-electron chi connectivity index (χ1n) is 19.9. The molecule has 0 unspecified atom stereocenters. The number of carbonyl (C=O) groups is 8. The van der Waals surface area contributed by atoms with Gasteiger partial charge in [-0.05, 0) is 97.0 Å². The number of aliphatic hydroxyl groups excluding tert-OH is 1. The summed E-state index contributed by atoms with van der Waals surface area (Å²) in [5, 5.41) is 8.06. The summed E-state index contributed by atoms with van der Waals surface area (Å²) in [5.74, 6) is 2.00. The van der Waals surface area contributed by atoms with Crippen LogP contribution in [0.4, 0.5) is 0 Å². The number of amides is 1. The van der Waals surface area contributed by atoms with Crippen LogP contribution in [-0.4, -0.2) is 111 Å². The molecule has 2 rings (SSSR count). The van der Waals surface area contributed by atoms with E-state index in [4.69, 9.17) is 38.7 Å². The van der Waals surface area contributed by atoms with Gasteiger partial charge in [0.2, 0.25) is 5.91 Å². The maximum absolute atomic E-state index is 10.7. The predicted octanol–water partition coefficient (Wildman–Crippen LogP) is 8.08. The third-order valence-corrected chi connectivity index (χ3v) is 5.69. The van der Waals surface area contributed by atoms with E-state index in [1.165, 1.54) is 78.7 Å². The van der Waals surface area contributed by atoms with Crippen molar-refractivity contribution in [2.75, 3.05) is 41.3 Å². The third-order valence-electron chi connectivity index (χ3n) is 5.69. The predicted molar refractivity (Wildman–Crippen MR) is 279 cm³/mol. The number of benzene rings is 1. The number of nitrogens with two attached hydrogens (primary N) is 4. The largest absolute Gasteiger partial charge is 0.394 e. The smallest absolute Gasteiger partial charge is 0.219 e. The van der Waals surface area contributed by atoms with E-state index in [9.17, 15) is 4.79 Å². The van der Waals surface area contributed by atoms with Crippen LogP contribution in [0.25, 0.3) is 0 Å². The summed E-state index contributed by atoms with van der Waals surface area (Å²) in [6.45, 7) is 45.6. The number of nitrogens with zero attached hydrogens (tertiary/aromatic N) is 1. The molecule has 1 aliphatic rings. The molecule has 0 atom stereocenters. The molecule has 63 heavy (non-hydrogen) atoms. The maximum atomic E-state index is 10.7. The van der Waals surface area contributed by atoms with Gasteiger partial charge in [-0.3, -0.25) is 4.79 Å². The highest BCUT2D eigenvalue weighted by Gasteiger charge is 2.11. The van der Waals surface area contributed by atoms with Crippen LogP contribution in [0.3, 0.4) is 0 Å². The average molecular weight is 923 g/mol. The Morgan fingerprint density at radius 3 is 0.889 bits per heavy atom. The molecule has 0 aliphatic carbocycles. The van der Waals surface area contributed by atoms with Crippen LogP contribution in [0.2, 0.25) is 0 Å². The van der Waals surface area contributed by atoms with Crippen LogP contribution in [0, 0.1) is 17.3 Å². The molecule has 17 nitrogen and oxygen atoms in total. The van der Waals surface area contributed by atoms with Crippen molar-refractivity contribution < 1.29 is 43.5 Å². The lowest BCUT2D eigenvalue weighted by Gasteiger charge is -2.24. The van der Waals surface area contributed by atoms with Gasteiger partial charge in [-0.15, -0.1) is 0 Å². The second-order valence-electron chi connectivity index (χ2n) is 12.4. The summed E-state index contributed by atoms with van der Waals surface area (Å²) >= 11 is 0. The lowest BCUT2D eigenvalue weighted by atomic mass is 9.91. The Labute approximate surface area is 391 Å². The lowest BCUT2D eigenvalue weighted by Crippen LogP contribution is -2.33. The molecule has 1 aromatic rings. The summed E-state index contributed by atoms with van der Waals surface area (Å²) in [6.07, 6.45) is 9.92. The number of hydrogen-bond donors (Lipinski definition) is 8. The zero-order chi connectivity index (χ0) is 52.6. The molecule has 0 bridgehead atoms. The van der Waals surface area contributed by atoms with E-state index in [1.807, 2.05) is 58.5 Å². The molecule has 0 spiro atoms. The molecule has 1 amide bonds. The summed E-state index contributed by atoms with van der Waals surface area (Å²) in [4.78, 5) is 68.6. The lowest BCUT2D eigenvalue weighted by molar-refractivity contribution is -0.129. The van der Waals surface area contributed by atoms with Gasteiger partial charge >= 0.3 is 0 Å². The van der Waals surface area contributed by atoms with Gasteiger partial charge in [0.1, 0.15) is 47.5 Å². The van der Waals surface area contributed by atoms with E-state index in [0.717, 1.165) is 31.3 Å². The molecule has 1 aromatic carbocycles. The van der Waals surface area contributed by atoms with Crippen molar-refractivity contribution >= 4 is 53.4 Å². The average Bonchev–Trinajstić information content (AvgIpc) is 3.32. The summed E-state index contributed by atoms with van der Waals surface area (Å²) < 4.78 is 0. The minimum atomic E-state index is -0.167. The molecule has 0 aromatic heterocycles. The Hall–Kier alpha value is -3.94. The molecule has 1 heterocycles. The normalized spacial score (nSPS) is 8.25. The van der Waals surface area contributed by atoms with Gasteiger partial charge in [0.05, 0.1) is 0 Å². The van der Waals surface area contributed by atoms with Crippen LogP contribution >= 0.6 is 0 Å². The van der Waals surface area contributed by atoms with Crippen molar-refractivity contribution in [2.45, 2.75) is 154 Å². The highest BCUT2D eigenvalue weighted by atomic mass is 16.3. The SMILES string of the molecule is C=O.C=O.C=O.C=O.C=O.C=O.C=O.CC(=O)N1CCCCC1.CC(C)O.CCC(C)C.CCC(C)C.CCCC(C)(C)C.CCc1ccccc1.CN.CN.CN.CN.N.N.N. The van der Waals surface area contributed by atoms with E-state index in [1.54, 1.807) is 20.8 Å². The van der Waals surface area contributed by atoms with Crippen molar-refractivity contribution in [1.82, 2.24) is 23.4 Å². The second kappa shape index (κ2) is 154. The number of hydrogen-bond acceptors (Lipinski definition) is 16. The summed E-state index contributed by atoms with van der Waals surface area (Å²) in [6, 6.07) is 10.5. The first-order chi connectivity index (χ1) is 28.6. The highest BCUT2D eigenvalue weighted by molar-refractivity contribution is 5.73. The first-order valence-corrected chi connectivity index (χ1v) is 19.9. The van der Waals surface area contributed by atoms with Crippen LogP contribution in [-0.2, 0) is 44.8 Å². The fraction of sp³-hybridized carbons (Fsp3) is 0.696. The molecule has 1 saturated heterocycles. The van der Waals surface area contributed by atoms with Gasteiger partial charge in [0.15, 0.2) is 0 Å². The maximum Gasteiger partial charge on any atom is 0.219 e. The Morgan fingerprint density at radius 1 is 0.571 bits per heavy atom. The van der Waals surface area contributed by atoms with Crippen LogP contribution < -0.4 is 41.4 Å². The van der Waals surface area contributed by atoms with Crippen LogP contribution in [0.1, 0.15) is 147 Å². The van der Waals surface area contributed by atoms with Crippen LogP contribution in [0.5, 0.6) is 0 Å². The fourth-order valence-corrected chi connectivity index (χ4v) is 2.67. The van der Waals surface area contributed by atoms with Crippen LogP contribution in [0.15, 0.2) is 30.3 Å². The van der Waals surface area contributed by atoms with Crippen molar-refractivity contribution in [1.29, 1.82) is 0 Å². The van der Waals surface area contributed by atoms with Crippen molar-refractivity contribution in [3.63, 3.8) is 0 Å². The molecular formula is C46H114N8O9. The van der Waals surface area contributed by atoms with E-state index < -0.39 is 0 Å². The van der Waals surface area contributed by atoms with E-state index in [-0.39, 0.29) is 30.5 Å². The summed E-state index contributed by atoms with van der Waals surface area (Å²) in [5.41, 5.74) is 20.0. The van der Waals surface area contributed by atoms with Gasteiger partial charge in [0, 0.05) is 26.1 Å². The zero-order valence-electron chi connectivity index (χ0n) is 44.7. The van der Waals surface area contributed by atoms with Gasteiger partial charge in [-0.2, -0.15) is 0 Å². The standard InChI is InChI=1S/C8H10.C7H13NO.C7H16.2C5H12.C3H8O.4CH5N.7CH2O.3H3N/c1-2-8-6-4-3-5-7-8;1-7(9)8-5-3-2-4-6-8;1-5-6-7(2,3)4;2*1-4-5(2)3;1-3(2)4;11*1-2;;;/h3-7H,2H2,1H3;2-6H2,1H3;5-6H2,1-4H3;2*5H,4H2,1-3H3;3-4H,1-2H3;4*2H2,1H3;7*1H2;3*1H3.